The standard InChI is InChI=1S/C32H51N3O5/c1-7-18-33(19-8-2)28(37)25-26-29(38)35(24(21-36)22(5)6)27(32(26)17-16-31(25,10-4)40-32)30(39)34(20-9-3)23-14-12-11-13-15-23/h7,9,22-27,36H,1,3,8,10-21H2,2,4-6H3/t24-,25+,26-,27?,31-,32?/m0/s1. The topological polar surface area (TPSA) is 90.4 Å². The number of hydrogen-bond donors (Lipinski definition) is 1. The van der Waals surface area contributed by atoms with Crippen molar-refractivity contribution in [2.75, 3.05) is 26.2 Å². The third-order valence-corrected chi connectivity index (χ3v) is 10.2. The lowest BCUT2D eigenvalue weighted by Crippen LogP contribution is -2.61. The van der Waals surface area contributed by atoms with E-state index in [1.54, 1.807) is 22.0 Å². The van der Waals surface area contributed by atoms with E-state index in [0.29, 0.717) is 38.9 Å². The van der Waals surface area contributed by atoms with Crippen molar-refractivity contribution in [3.8, 4) is 0 Å². The van der Waals surface area contributed by atoms with Crippen molar-refractivity contribution in [3.05, 3.63) is 25.3 Å². The fourth-order valence-electron chi connectivity index (χ4n) is 8.31. The quantitative estimate of drug-likeness (QED) is 0.347. The second kappa shape index (κ2) is 12.4. The van der Waals surface area contributed by atoms with Gasteiger partial charge in [0.15, 0.2) is 0 Å². The molecular formula is C32H51N3O5. The molecule has 4 fully saturated rings. The van der Waals surface area contributed by atoms with E-state index >= 15 is 0 Å². The van der Waals surface area contributed by atoms with Gasteiger partial charge in [-0.15, -0.1) is 13.2 Å². The Kier molecular flexibility index (Phi) is 9.50. The third-order valence-electron chi connectivity index (χ3n) is 10.2. The van der Waals surface area contributed by atoms with Gasteiger partial charge < -0.3 is 24.5 Å². The average molecular weight is 558 g/mol. The number of carbonyl (C=O) groups excluding carboxylic acids is 3. The number of hydrogen-bond acceptors (Lipinski definition) is 5. The molecule has 1 spiro atoms. The summed E-state index contributed by atoms with van der Waals surface area (Å²) < 4.78 is 6.99. The fraction of sp³-hybridized carbons (Fsp3) is 0.781. The molecule has 0 radical (unpaired) electrons. The monoisotopic (exact) mass is 557 g/mol. The van der Waals surface area contributed by atoms with Crippen LogP contribution in [0, 0.1) is 17.8 Å². The minimum absolute atomic E-state index is 0.0779. The lowest BCUT2D eigenvalue weighted by atomic mass is 9.64. The number of rotatable bonds is 13. The number of aliphatic hydroxyl groups is 1. The first kappa shape index (κ1) is 30.8. The van der Waals surface area contributed by atoms with Crippen LogP contribution >= 0.6 is 0 Å². The highest BCUT2D eigenvalue weighted by Crippen LogP contribution is 2.65. The zero-order valence-corrected chi connectivity index (χ0v) is 25.1. The second-order valence-corrected chi connectivity index (χ2v) is 12.7. The minimum Gasteiger partial charge on any atom is -0.394 e. The van der Waals surface area contributed by atoms with Crippen LogP contribution < -0.4 is 0 Å². The summed E-state index contributed by atoms with van der Waals surface area (Å²) in [5.74, 6) is -1.94. The SMILES string of the molecule is C=CCN(CCC)C(=O)[C@H]1[C@H]2C(=O)N([C@@H](CO)C(C)C)C(C(=O)N(CC=C)C3CCCCC3)C23CC[C@]1(CC)O3. The summed E-state index contributed by atoms with van der Waals surface area (Å²) in [6, 6.07) is -1.34. The third kappa shape index (κ3) is 4.83. The molecule has 224 valence electrons. The van der Waals surface area contributed by atoms with E-state index in [9.17, 15) is 19.5 Å². The Morgan fingerprint density at radius 3 is 2.33 bits per heavy atom. The number of amides is 3. The van der Waals surface area contributed by atoms with E-state index in [1.165, 1.54) is 0 Å². The molecule has 1 saturated carbocycles. The zero-order chi connectivity index (χ0) is 29.2. The van der Waals surface area contributed by atoms with Crippen LogP contribution in [0.1, 0.15) is 85.5 Å². The lowest BCUT2D eigenvalue weighted by Gasteiger charge is -2.43. The van der Waals surface area contributed by atoms with Gasteiger partial charge in [0, 0.05) is 25.7 Å². The van der Waals surface area contributed by atoms with E-state index in [2.05, 4.69) is 13.2 Å². The van der Waals surface area contributed by atoms with Gasteiger partial charge in [0.1, 0.15) is 11.6 Å². The molecule has 2 bridgehead atoms. The molecular weight excluding hydrogens is 506 g/mol. The van der Waals surface area contributed by atoms with Crippen LogP contribution in [0.3, 0.4) is 0 Å². The van der Waals surface area contributed by atoms with Crippen LogP contribution in [0.4, 0.5) is 0 Å². The molecule has 8 heteroatoms. The van der Waals surface area contributed by atoms with Gasteiger partial charge in [-0.05, 0) is 44.4 Å². The van der Waals surface area contributed by atoms with Gasteiger partial charge in [0.05, 0.1) is 30.1 Å². The van der Waals surface area contributed by atoms with Crippen molar-refractivity contribution in [2.45, 2.75) is 115 Å². The number of nitrogens with zero attached hydrogens (tertiary/aromatic N) is 3. The summed E-state index contributed by atoms with van der Waals surface area (Å²) in [6.07, 6.45) is 11.2. The fourth-order valence-corrected chi connectivity index (χ4v) is 8.31. The molecule has 6 atom stereocenters. The minimum atomic E-state index is -1.09. The van der Waals surface area contributed by atoms with Gasteiger partial charge in [-0.1, -0.05) is 59.1 Å². The highest BCUT2D eigenvalue weighted by atomic mass is 16.5. The van der Waals surface area contributed by atoms with Crippen LogP contribution in [0.15, 0.2) is 25.3 Å². The predicted octanol–water partition coefficient (Wildman–Crippen LogP) is 3.93. The van der Waals surface area contributed by atoms with E-state index < -0.39 is 35.1 Å². The van der Waals surface area contributed by atoms with Crippen LogP contribution in [-0.4, -0.2) is 93.1 Å². The van der Waals surface area contributed by atoms with E-state index in [1.807, 2.05) is 32.6 Å². The molecule has 3 heterocycles. The van der Waals surface area contributed by atoms with E-state index in [-0.39, 0.29) is 36.3 Å². The molecule has 3 amide bonds. The maximum Gasteiger partial charge on any atom is 0.248 e. The Morgan fingerprint density at radius 2 is 1.77 bits per heavy atom. The summed E-state index contributed by atoms with van der Waals surface area (Å²) >= 11 is 0. The predicted molar refractivity (Wildman–Crippen MR) is 155 cm³/mol. The Hall–Kier alpha value is -2.19. The Balaban J connectivity index is 1.84. The number of ether oxygens (including phenoxy) is 1. The number of carbonyl (C=O) groups is 3. The van der Waals surface area contributed by atoms with Crippen molar-refractivity contribution in [2.24, 2.45) is 17.8 Å². The van der Waals surface area contributed by atoms with Crippen LogP contribution in [0.25, 0.3) is 0 Å². The first-order valence-corrected chi connectivity index (χ1v) is 15.6. The molecule has 4 rings (SSSR count). The van der Waals surface area contributed by atoms with E-state index in [4.69, 9.17) is 4.74 Å². The normalized spacial score (nSPS) is 32.3. The molecule has 3 aliphatic heterocycles. The summed E-state index contributed by atoms with van der Waals surface area (Å²) in [5.41, 5.74) is -1.87. The van der Waals surface area contributed by atoms with Crippen LogP contribution in [-0.2, 0) is 19.1 Å². The smallest absolute Gasteiger partial charge is 0.248 e. The molecule has 1 N–H and O–H groups in total. The first-order chi connectivity index (χ1) is 19.2. The summed E-state index contributed by atoms with van der Waals surface area (Å²) in [6.45, 7) is 16.9. The molecule has 8 nitrogen and oxygen atoms in total. The van der Waals surface area contributed by atoms with Crippen molar-refractivity contribution >= 4 is 17.7 Å². The number of aliphatic hydroxyl groups excluding tert-OH is 1. The molecule has 0 aromatic heterocycles. The first-order valence-electron chi connectivity index (χ1n) is 15.6. The lowest BCUT2D eigenvalue weighted by molar-refractivity contribution is -0.160. The van der Waals surface area contributed by atoms with E-state index in [0.717, 1.165) is 38.5 Å². The van der Waals surface area contributed by atoms with Crippen molar-refractivity contribution < 1.29 is 24.2 Å². The average Bonchev–Trinajstić information content (AvgIpc) is 3.55. The summed E-state index contributed by atoms with van der Waals surface area (Å²) in [4.78, 5) is 49.0. The van der Waals surface area contributed by atoms with Gasteiger partial charge >= 0.3 is 0 Å². The van der Waals surface area contributed by atoms with Crippen LogP contribution in [0.5, 0.6) is 0 Å². The van der Waals surface area contributed by atoms with Crippen molar-refractivity contribution in [3.63, 3.8) is 0 Å². The molecule has 1 aliphatic carbocycles. The second-order valence-electron chi connectivity index (χ2n) is 12.7. The Bertz CT molecular complexity index is 978. The van der Waals surface area contributed by atoms with Gasteiger partial charge in [-0.3, -0.25) is 14.4 Å². The highest BCUT2D eigenvalue weighted by molar-refractivity contribution is 5.99. The van der Waals surface area contributed by atoms with Gasteiger partial charge in [0.25, 0.3) is 0 Å². The Morgan fingerprint density at radius 1 is 1.10 bits per heavy atom. The maximum absolute atomic E-state index is 14.8. The zero-order valence-electron chi connectivity index (χ0n) is 25.1. The van der Waals surface area contributed by atoms with Gasteiger partial charge in [0.2, 0.25) is 17.7 Å². The molecule has 2 unspecified atom stereocenters. The summed E-state index contributed by atoms with van der Waals surface area (Å²) in [5, 5.41) is 10.5. The molecule has 4 aliphatic rings. The molecule has 0 aromatic carbocycles. The van der Waals surface area contributed by atoms with Gasteiger partial charge in [-0.2, -0.15) is 0 Å². The number of likely N-dealkylation sites (tertiary alicyclic amines) is 1. The maximum atomic E-state index is 14.8. The largest absolute Gasteiger partial charge is 0.394 e. The van der Waals surface area contributed by atoms with Crippen molar-refractivity contribution in [1.82, 2.24) is 14.7 Å². The molecule has 40 heavy (non-hydrogen) atoms. The van der Waals surface area contributed by atoms with Crippen LogP contribution in [0.2, 0.25) is 0 Å². The molecule has 0 aromatic rings. The highest BCUT2D eigenvalue weighted by Gasteiger charge is 2.79. The number of fused-ring (bicyclic) bond motifs is 1. The molecule has 3 saturated heterocycles. The van der Waals surface area contributed by atoms with Gasteiger partial charge in [-0.25, -0.2) is 0 Å². The Labute approximate surface area is 240 Å². The van der Waals surface area contributed by atoms with Crippen molar-refractivity contribution in [1.29, 1.82) is 0 Å². The summed E-state index contributed by atoms with van der Waals surface area (Å²) in [7, 11) is 0.